The van der Waals surface area contributed by atoms with Crippen LogP contribution < -0.4 is 0 Å². The summed E-state index contributed by atoms with van der Waals surface area (Å²) >= 11 is 0. The molecule has 15 heavy (non-hydrogen) atoms. The summed E-state index contributed by atoms with van der Waals surface area (Å²) in [6, 6.07) is 0.641. The second-order valence-electron chi connectivity index (χ2n) is 5.44. The number of aliphatic hydroxyl groups is 1. The molecule has 1 saturated heterocycles. The molecule has 0 aromatic heterocycles. The van der Waals surface area contributed by atoms with Crippen molar-refractivity contribution in [1.29, 1.82) is 0 Å². The van der Waals surface area contributed by atoms with E-state index in [4.69, 9.17) is 0 Å². The second-order valence-corrected chi connectivity index (χ2v) is 5.44. The van der Waals surface area contributed by atoms with E-state index >= 15 is 0 Å². The predicted octanol–water partition coefficient (Wildman–Crippen LogP) is 1.17. The largest absolute Gasteiger partial charge is 0.394 e. The summed E-state index contributed by atoms with van der Waals surface area (Å²) in [7, 11) is 0. The van der Waals surface area contributed by atoms with Gasteiger partial charge in [-0.15, -0.1) is 0 Å². The Bertz CT molecular complexity index is 192. The van der Waals surface area contributed by atoms with Crippen molar-refractivity contribution in [2.24, 2.45) is 0 Å². The van der Waals surface area contributed by atoms with E-state index in [0.29, 0.717) is 6.04 Å². The Morgan fingerprint density at radius 1 is 1.13 bits per heavy atom. The van der Waals surface area contributed by atoms with E-state index in [1.165, 1.54) is 13.0 Å². The lowest BCUT2D eigenvalue weighted by Gasteiger charge is -2.36. The van der Waals surface area contributed by atoms with Gasteiger partial charge in [0.1, 0.15) is 0 Å². The molecular formula is C12H26N2O. The number of hydrogen-bond acceptors (Lipinski definition) is 3. The number of aliphatic hydroxyl groups excluding tert-OH is 1. The van der Waals surface area contributed by atoms with E-state index in [9.17, 15) is 5.11 Å². The van der Waals surface area contributed by atoms with Crippen molar-refractivity contribution < 1.29 is 5.11 Å². The average Bonchev–Trinajstić information content (AvgIpc) is 2.43. The van der Waals surface area contributed by atoms with Gasteiger partial charge in [0.25, 0.3) is 0 Å². The fourth-order valence-corrected chi connectivity index (χ4v) is 2.16. The molecule has 0 aromatic rings. The molecule has 1 aliphatic rings. The molecule has 1 N–H and O–H groups in total. The van der Waals surface area contributed by atoms with Crippen molar-refractivity contribution in [3.63, 3.8) is 0 Å². The highest BCUT2D eigenvalue weighted by atomic mass is 16.3. The summed E-state index contributed by atoms with van der Waals surface area (Å²) in [5, 5.41) is 9.36. The molecule has 1 fully saturated rings. The van der Waals surface area contributed by atoms with Crippen LogP contribution in [0.25, 0.3) is 0 Å². The molecule has 1 heterocycles. The molecule has 0 spiro atoms. The SMILES string of the molecule is CC(C)N1CCCN(C(C)(C)CO)CC1. The smallest absolute Gasteiger partial charge is 0.0610 e. The first-order valence-corrected chi connectivity index (χ1v) is 6.07. The molecule has 0 unspecified atom stereocenters. The first kappa shape index (κ1) is 12.9. The normalized spacial score (nSPS) is 22.0. The minimum atomic E-state index is -0.0625. The summed E-state index contributed by atoms with van der Waals surface area (Å²) in [6.07, 6.45) is 1.21. The highest BCUT2D eigenvalue weighted by Crippen LogP contribution is 2.17. The van der Waals surface area contributed by atoms with Crippen molar-refractivity contribution >= 4 is 0 Å². The minimum Gasteiger partial charge on any atom is -0.394 e. The van der Waals surface area contributed by atoms with Gasteiger partial charge >= 0.3 is 0 Å². The molecule has 0 aromatic carbocycles. The van der Waals surface area contributed by atoms with E-state index < -0.39 is 0 Å². The Morgan fingerprint density at radius 2 is 1.80 bits per heavy atom. The Balaban J connectivity index is 2.53. The van der Waals surface area contributed by atoms with Gasteiger partial charge in [0.2, 0.25) is 0 Å². The number of rotatable bonds is 3. The summed E-state index contributed by atoms with van der Waals surface area (Å²) < 4.78 is 0. The molecule has 0 saturated carbocycles. The van der Waals surface area contributed by atoms with Gasteiger partial charge in [0, 0.05) is 31.2 Å². The summed E-state index contributed by atoms with van der Waals surface area (Å²) in [5.74, 6) is 0. The Labute approximate surface area is 94.1 Å². The standard InChI is InChI=1S/C12H26N2O/c1-11(2)13-6-5-7-14(9-8-13)12(3,4)10-15/h11,15H,5-10H2,1-4H3. The third-order valence-corrected chi connectivity index (χ3v) is 3.50. The van der Waals surface area contributed by atoms with E-state index in [-0.39, 0.29) is 12.1 Å². The summed E-state index contributed by atoms with van der Waals surface area (Å²) in [4.78, 5) is 4.93. The van der Waals surface area contributed by atoms with Gasteiger partial charge in [-0.3, -0.25) is 9.80 Å². The Hall–Kier alpha value is -0.120. The van der Waals surface area contributed by atoms with Crippen molar-refractivity contribution in [3.8, 4) is 0 Å². The molecule has 0 radical (unpaired) electrons. The fourth-order valence-electron chi connectivity index (χ4n) is 2.16. The maximum atomic E-state index is 9.36. The van der Waals surface area contributed by atoms with Crippen LogP contribution in [0.4, 0.5) is 0 Å². The minimum absolute atomic E-state index is 0.0625. The molecule has 3 nitrogen and oxygen atoms in total. The fraction of sp³-hybridized carbons (Fsp3) is 1.00. The first-order chi connectivity index (χ1) is 6.97. The highest BCUT2D eigenvalue weighted by Gasteiger charge is 2.27. The molecule has 3 heteroatoms. The van der Waals surface area contributed by atoms with Crippen LogP contribution in [-0.2, 0) is 0 Å². The van der Waals surface area contributed by atoms with Crippen LogP contribution in [0.15, 0.2) is 0 Å². The number of hydrogen-bond donors (Lipinski definition) is 1. The van der Waals surface area contributed by atoms with Gasteiger partial charge in [-0.25, -0.2) is 0 Å². The van der Waals surface area contributed by atoms with E-state index in [1.807, 2.05) is 0 Å². The van der Waals surface area contributed by atoms with Crippen LogP contribution in [0, 0.1) is 0 Å². The maximum Gasteiger partial charge on any atom is 0.0610 e. The first-order valence-electron chi connectivity index (χ1n) is 6.07. The quantitative estimate of drug-likeness (QED) is 0.764. The van der Waals surface area contributed by atoms with Crippen LogP contribution >= 0.6 is 0 Å². The van der Waals surface area contributed by atoms with Gasteiger partial charge < -0.3 is 5.11 Å². The van der Waals surface area contributed by atoms with Gasteiger partial charge in [-0.2, -0.15) is 0 Å². The molecule has 0 atom stereocenters. The van der Waals surface area contributed by atoms with Crippen LogP contribution in [0.5, 0.6) is 0 Å². The van der Waals surface area contributed by atoms with Gasteiger partial charge in [-0.1, -0.05) is 0 Å². The number of nitrogens with zero attached hydrogens (tertiary/aromatic N) is 2. The molecule has 90 valence electrons. The monoisotopic (exact) mass is 214 g/mol. The third-order valence-electron chi connectivity index (χ3n) is 3.50. The van der Waals surface area contributed by atoms with E-state index in [0.717, 1.165) is 19.6 Å². The zero-order valence-electron chi connectivity index (χ0n) is 10.7. The van der Waals surface area contributed by atoms with E-state index in [1.54, 1.807) is 0 Å². The topological polar surface area (TPSA) is 26.7 Å². The molecule has 0 amide bonds. The zero-order chi connectivity index (χ0) is 11.5. The average molecular weight is 214 g/mol. The lowest BCUT2D eigenvalue weighted by Crippen LogP contribution is -2.48. The second kappa shape index (κ2) is 5.28. The van der Waals surface area contributed by atoms with Crippen LogP contribution in [0.2, 0.25) is 0 Å². The van der Waals surface area contributed by atoms with E-state index in [2.05, 4.69) is 37.5 Å². The zero-order valence-corrected chi connectivity index (χ0v) is 10.7. The predicted molar refractivity (Wildman–Crippen MR) is 64.1 cm³/mol. The van der Waals surface area contributed by atoms with Crippen molar-refractivity contribution in [2.45, 2.75) is 45.7 Å². The Kier molecular flexibility index (Phi) is 4.56. The molecular weight excluding hydrogens is 188 g/mol. The molecule has 0 aliphatic carbocycles. The van der Waals surface area contributed by atoms with Gasteiger partial charge in [-0.05, 0) is 40.7 Å². The maximum absolute atomic E-state index is 9.36. The van der Waals surface area contributed by atoms with Crippen molar-refractivity contribution in [3.05, 3.63) is 0 Å². The van der Waals surface area contributed by atoms with Gasteiger partial charge in [0.05, 0.1) is 6.61 Å². The van der Waals surface area contributed by atoms with Gasteiger partial charge in [0.15, 0.2) is 0 Å². The summed E-state index contributed by atoms with van der Waals surface area (Å²) in [6.45, 7) is 13.5. The third kappa shape index (κ3) is 3.44. The Morgan fingerprint density at radius 3 is 2.33 bits per heavy atom. The van der Waals surface area contributed by atoms with Crippen molar-refractivity contribution in [2.75, 3.05) is 32.8 Å². The lowest BCUT2D eigenvalue weighted by atomic mass is 10.0. The molecule has 1 rings (SSSR count). The van der Waals surface area contributed by atoms with Crippen LogP contribution in [0.1, 0.15) is 34.1 Å². The van der Waals surface area contributed by atoms with Crippen LogP contribution in [0.3, 0.4) is 0 Å². The summed E-state index contributed by atoms with van der Waals surface area (Å²) in [5.41, 5.74) is -0.0625. The van der Waals surface area contributed by atoms with Crippen LogP contribution in [-0.4, -0.2) is 59.3 Å². The highest BCUT2D eigenvalue weighted by molar-refractivity contribution is 4.84. The van der Waals surface area contributed by atoms with Crippen molar-refractivity contribution in [1.82, 2.24) is 9.80 Å². The lowest BCUT2D eigenvalue weighted by molar-refractivity contribution is 0.0592. The molecule has 1 aliphatic heterocycles. The molecule has 0 bridgehead atoms.